The highest BCUT2D eigenvalue weighted by molar-refractivity contribution is 7.89. The van der Waals surface area contributed by atoms with Crippen LogP contribution in [0.25, 0.3) is 0 Å². The molecule has 0 aromatic heterocycles. The number of alkyl halides is 4. The van der Waals surface area contributed by atoms with E-state index in [1.54, 1.807) is 6.92 Å². The topological polar surface area (TPSA) is 125 Å². The van der Waals surface area contributed by atoms with Gasteiger partial charge >= 0.3 is 12.5 Å². The molecule has 0 spiro atoms. The minimum absolute atomic E-state index is 0.0683. The Morgan fingerprint density at radius 3 is 2.22 bits per heavy atom. The predicted molar refractivity (Wildman–Crippen MR) is 119 cm³/mol. The molecular formula is C22H29F4N3O6S. The van der Waals surface area contributed by atoms with Crippen LogP contribution in [-0.2, 0) is 14.8 Å². The molecule has 1 saturated carbocycles. The van der Waals surface area contributed by atoms with Crippen molar-refractivity contribution in [2.24, 2.45) is 11.8 Å². The minimum Gasteiger partial charge on any atom is -0.465 e. The molecule has 0 bridgehead atoms. The Morgan fingerprint density at radius 2 is 1.72 bits per heavy atom. The molecule has 3 N–H and O–H groups in total. The van der Waals surface area contributed by atoms with Gasteiger partial charge in [0.15, 0.2) is 0 Å². The molecule has 1 aromatic rings. The Balaban J connectivity index is 1.58. The van der Waals surface area contributed by atoms with Crippen molar-refractivity contribution < 1.29 is 45.4 Å². The number of rotatable bonds is 8. The average Bonchev–Trinajstić information content (AvgIpc) is 3.22. The highest BCUT2D eigenvalue weighted by Gasteiger charge is 2.39. The van der Waals surface area contributed by atoms with Gasteiger partial charge in [-0.15, -0.1) is 13.2 Å². The van der Waals surface area contributed by atoms with E-state index in [0.717, 1.165) is 24.3 Å². The average molecular weight is 540 g/mol. The number of carbonyl (C=O) groups excluding carboxylic acids is 1. The molecule has 2 aliphatic rings. The standard InChI is InChI=1S/C22H29F4N3O6S/c1-13(19(27-21(31)32)20(30)29-11-10-15(23)12-29)14-2-4-16(5-3-14)28-36(33,34)18-8-6-17(7-9-18)35-22(24,25)26/h6-9,13-16,19,27-28H,2-5,10-12H2,1H3,(H,31,32)/t13-,14?,15+,16?,19+/m1/s1. The normalized spacial score (nSPS) is 24.7. The predicted octanol–water partition coefficient (Wildman–Crippen LogP) is 3.27. The number of ether oxygens (including phenoxy) is 1. The molecule has 3 atom stereocenters. The quantitative estimate of drug-likeness (QED) is 0.436. The third-order valence-electron chi connectivity index (χ3n) is 6.72. The number of likely N-dealkylation sites (tertiary alicyclic amines) is 1. The molecule has 2 amide bonds. The van der Waals surface area contributed by atoms with Crippen molar-refractivity contribution >= 4 is 22.0 Å². The van der Waals surface area contributed by atoms with Gasteiger partial charge in [0.1, 0.15) is 18.0 Å². The van der Waals surface area contributed by atoms with Crippen LogP contribution in [0, 0.1) is 11.8 Å². The first-order valence-corrected chi connectivity index (χ1v) is 13.0. The Hall–Kier alpha value is -2.61. The lowest BCUT2D eigenvalue weighted by molar-refractivity contribution is -0.274. The van der Waals surface area contributed by atoms with Gasteiger partial charge in [-0.05, 0) is 68.2 Å². The van der Waals surface area contributed by atoms with Crippen molar-refractivity contribution in [3.63, 3.8) is 0 Å². The minimum atomic E-state index is -4.89. The number of amides is 2. The summed E-state index contributed by atoms with van der Waals surface area (Å²) in [5.41, 5.74) is 0. The molecule has 36 heavy (non-hydrogen) atoms. The molecule has 1 saturated heterocycles. The number of hydrogen-bond donors (Lipinski definition) is 3. The molecule has 1 aromatic carbocycles. The number of benzene rings is 1. The molecule has 14 heteroatoms. The van der Waals surface area contributed by atoms with Crippen molar-refractivity contribution in [1.29, 1.82) is 0 Å². The second-order valence-electron chi connectivity index (χ2n) is 9.21. The van der Waals surface area contributed by atoms with Crippen LogP contribution in [0.15, 0.2) is 29.2 Å². The van der Waals surface area contributed by atoms with Crippen LogP contribution in [0.1, 0.15) is 39.0 Å². The van der Waals surface area contributed by atoms with E-state index in [2.05, 4.69) is 14.8 Å². The largest absolute Gasteiger partial charge is 0.573 e. The number of nitrogens with zero attached hydrogens (tertiary/aromatic N) is 1. The zero-order chi connectivity index (χ0) is 26.7. The van der Waals surface area contributed by atoms with Crippen molar-refractivity contribution in [2.75, 3.05) is 13.1 Å². The van der Waals surface area contributed by atoms with Crippen LogP contribution in [0.2, 0.25) is 0 Å². The lowest BCUT2D eigenvalue weighted by atomic mass is 9.76. The maximum absolute atomic E-state index is 13.6. The molecule has 1 aliphatic carbocycles. The van der Waals surface area contributed by atoms with Gasteiger partial charge in [-0.3, -0.25) is 4.79 Å². The van der Waals surface area contributed by atoms with E-state index >= 15 is 0 Å². The van der Waals surface area contributed by atoms with Gasteiger partial charge in [0.25, 0.3) is 0 Å². The SMILES string of the molecule is C[C@H](C1CCC(NS(=O)(=O)c2ccc(OC(F)(F)F)cc2)CC1)[C@H](NC(=O)O)C(=O)N1CC[C@H](F)C1. The number of nitrogens with one attached hydrogen (secondary N) is 2. The maximum Gasteiger partial charge on any atom is 0.573 e. The van der Waals surface area contributed by atoms with Crippen molar-refractivity contribution in [3.05, 3.63) is 24.3 Å². The van der Waals surface area contributed by atoms with E-state index in [9.17, 15) is 40.7 Å². The lowest BCUT2D eigenvalue weighted by Crippen LogP contribution is -2.53. The second kappa shape index (κ2) is 11.2. The van der Waals surface area contributed by atoms with Gasteiger partial charge in [0, 0.05) is 12.6 Å². The van der Waals surface area contributed by atoms with Crippen molar-refractivity contribution in [3.8, 4) is 5.75 Å². The Morgan fingerprint density at radius 1 is 1.11 bits per heavy atom. The fourth-order valence-electron chi connectivity index (χ4n) is 4.81. The van der Waals surface area contributed by atoms with Gasteiger partial charge in [0.05, 0.1) is 11.4 Å². The molecule has 0 unspecified atom stereocenters. The lowest BCUT2D eigenvalue weighted by Gasteiger charge is -2.36. The highest BCUT2D eigenvalue weighted by Crippen LogP contribution is 2.33. The molecule has 1 heterocycles. The Kier molecular flexibility index (Phi) is 8.70. The summed E-state index contributed by atoms with van der Waals surface area (Å²) in [6.07, 6.45) is -5.28. The summed E-state index contributed by atoms with van der Waals surface area (Å²) in [4.78, 5) is 25.3. The third kappa shape index (κ3) is 7.45. The maximum atomic E-state index is 13.6. The summed E-state index contributed by atoms with van der Waals surface area (Å²) in [6, 6.07) is 2.40. The van der Waals surface area contributed by atoms with E-state index < -0.39 is 58.3 Å². The van der Waals surface area contributed by atoms with Crippen LogP contribution in [0.5, 0.6) is 5.75 Å². The van der Waals surface area contributed by atoms with E-state index in [1.807, 2.05) is 0 Å². The van der Waals surface area contributed by atoms with Gasteiger partial charge in [-0.25, -0.2) is 22.3 Å². The van der Waals surface area contributed by atoms with Crippen LogP contribution >= 0.6 is 0 Å². The zero-order valence-corrected chi connectivity index (χ0v) is 20.3. The summed E-state index contributed by atoms with van der Waals surface area (Å²) in [5, 5.41) is 11.5. The smallest absolute Gasteiger partial charge is 0.465 e. The van der Waals surface area contributed by atoms with Crippen molar-refractivity contribution in [1.82, 2.24) is 14.9 Å². The summed E-state index contributed by atoms with van der Waals surface area (Å²) >= 11 is 0. The Bertz CT molecular complexity index is 1030. The van der Waals surface area contributed by atoms with Gasteiger partial charge < -0.3 is 20.1 Å². The Labute approximate surface area is 206 Å². The van der Waals surface area contributed by atoms with E-state index in [-0.39, 0.29) is 30.3 Å². The first-order valence-electron chi connectivity index (χ1n) is 11.6. The number of hydrogen-bond acceptors (Lipinski definition) is 5. The van der Waals surface area contributed by atoms with Gasteiger partial charge in [-0.2, -0.15) is 0 Å². The number of carboxylic acid groups (broad SMARTS) is 1. The first kappa shape index (κ1) is 28.0. The van der Waals surface area contributed by atoms with Crippen LogP contribution in [0.4, 0.5) is 22.4 Å². The van der Waals surface area contributed by atoms with Gasteiger partial charge in [0.2, 0.25) is 15.9 Å². The van der Waals surface area contributed by atoms with Crippen molar-refractivity contribution in [2.45, 2.75) is 68.5 Å². The molecule has 0 radical (unpaired) electrons. The van der Waals surface area contributed by atoms with Gasteiger partial charge in [-0.1, -0.05) is 6.92 Å². The molecule has 2 fully saturated rings. The summed E-state index contributed by atoms with van der Waals surface area (Å²) in [7, 11) is -3.99. The van der Waals surface area contributed by atoms with Crippen LogP contribution in [0.3, 0.4) is 0 Å². The molecule has 1 aliphatic heterocycles. The highest BCUT2D eigenvalue weighted by atomic mass is 32.2. The summed E-state index contributed by atoms with van der Waals surface area (Å²) in [5.74, 6) is -1.48. The number of carbonyl (C=O) groups is 2. The van der Waals surface area contributed by atoms with Crippen LogP contribution < -0.4 is 14.8 Å². The molecule has 202 valence electrons. The van der Waals surface area contributed by atoms with Crippen LogP contribution in [-0.4, -0.2) is 68.1 Å². The third-order valence-corrected chi connectivity index (χ3v) is 8.25. The molecular weight excluding hydrogens is 510 g/mol. The zero-order valence-electron chi connectivity index (χ0n) is 19.5. The second-order valence-corrected chi connectivity index (χ2v) is 10.9. The fourth-order valence-corrected chi connectivity index (χ4v) is 6.11. The first-order chi connectivity index (χ1) is 16.7. The summed E-state index contributed by atoms with van der Waals surface area (Å²) in [6.45, 7) is 1.91. The van der Waals surface area contributed by atoms with E-state index in [0.29, 0.717) is 25.7 Å². The number of sulfonamides is 1. The monoisotopic (exact) mass is 539 g/mol. The van der Waals surface area contributed by atoms with E-state index in [4.69, 9.17) is 0 Å². The van der Waals surface area contributed by atoms with E-state index in [1.165, 1.54) is 4.90 Å². The molecule has 9 nitrogen and oxygen atoms in total. The molecule has 3 rings (SSSR count). The fraction of sp³-hybridized carbons (Fsp3) is 0.636. The summed E-state index contributed by atoms with van der Waals surface area (Å²) < 4.78 is 82.1. The number of halogens is 4.